The molecular weight excluding hydrogens is 546 g/mol. The van der Waals surface area contributed by atoms with E-state index in [4.69, 9.17) is 6.42 Å². The summed E-state index contributed by atoms with van der Waals surface area (Å²) in [6, 6.07) is -3.00. The molecule has 1 aliphatic carbocycles. The second-order valence-electron chi connectivity index (χ2n) is 10.0. The van der Waals surface area contributed by atoms with Crippen molar-refractivity contribution < 1.29 is 24.0 Å². The molecule has 1 heterocycles. The van der Waals surface area contributed by atoms with Gasteiger partial charge in [-0.25, -0.2) is 4.79 Å². The summed E-state index contributed by atoms with van der Waals surface area (Å²) >= 11 is 0. The minimum absolute atomic E-state index is 0.000457. The molecule has 246 valence electrons. The normalized spacial score (nSPS) is 16.9. The number of urea groups is 1. The highest BCUT2D eigenvalue weighted by Gasteiger charge is 2.41. The lowest BCUT2D eigenvalue weighted by Gasteiger charge is -2.34. The van der Waals surface area contributed by atoms with Gasteiger partial charge in [0.2, 0.25) is 17.6 Å². The maximum atomic E-state index is 13.6. The van der Waals surface area contributed by atoms with Gasteiger partial charge in [-0.3, -0.25) is 19.2 Å². The van der Waals surface area contributed by atoms with E-state index >= 15 is 0 Å². The molecule has 0 radical (unpaired) electrons. The van der Waals surface area contributed by atoms with Gasteiger partial charge in [-0.1, -0.05) is 73.3 Å². The number of nitrogens with one attached hydrogen (secondary N) is 4. The Morgan fingerprint density at radius 1 is 0.977 bits per heavy atom. The van der Waals surface area contributed by atoms with Crippen LogP contribution in [0.25, 0.3) is 0 Å². The number of carbonyl (C=O) groups excluding carboxylic acids is 5. The van der Waals surface area contributed by atoms with E-state index in [9.17, 15) is 24.0 Å². The van der Waals surface area contributed by atoms with Crippen molar-refractivity contribution in [3.8, 4) is 12.3 Å². The van der Waals surface area contributed by atoms with Crippen molar-refractivity contribution in [3.05, 3.63) is 12.7 Å². The summed E-state index contributed by atoms with van der Waals surface area (Å²) in [6.45, 7) is 16.3. The van der Waals surface area contributed by atoms with Crippen LogP contribution in [0.3, 0.4) is 0 Å². The first-order chi connectivity index (χ1) is 20.7. The Morgan fingerprint density at radius 3 is 2.12 bits per heavy atom. The van der Waals surface area contributed by atoms with E-state index in [2.05, 4.69) is 47.6 Å². The summed E-state index contributed by atoms with van der Waals surface area (Å²) in [4.78, 5) is 65.5. The zero-order valence-corrected chi connectivity index (χ0v) is 27.9. The van der Waals surface area contributed by atoms with Gasteiger partial charge in [-0.15, -0.1) is 18.9 Å². The van der Waals surface area contributed by atoms with Crippen molar-refractivity contribution in [2.75, 3.05) is 20.1 Å². The van der Waals surface area contributed by atoms with Crippen LogP contribution in [-0.2, 0) is 19.2 Å². The fourth-order valence-electron chi connectivity index (χ4n) is 4.90. The quantitative estimate of drug-likeness (QED) is 0.113. The molecule has 1 saturated heterocycles. The average molecular weight is 606 g/mol. The topological polar surface area (TPSA) is 137 Å². The molecule has 0 bridgehead atoms. The molecule has 10 nitrogen and oxygen atoms in total. The highest BCUT2D eigenvalue weighted by atomic mass is 16.2. The second kappa shape index (κ2) is 26.3. The minimum atomic E-state index is -1.05. The third kappa shape index (κ3) is 15.6. The highest BCUT2D eigenvalue weighted by molar-refractivity contribution is 6.38. The van der Waals surface area contributed by atoms with Gasteiger partial charge in [0.25, 0.3) is 5.91 Å². The largest absolute Gasteiger partial charge is 0.346 e. The van der Waals surface area contributed by atoms with Gasteiger partial charge >= 0.3 is 6.03 Å². The monoisotopic (exact) mass is 605 g/mol. The minimum Gasteiger partial charge on any atom is -0.346 e. The number of unbranched alkanes of at least 4 members (excludes halogenated alkanes) is 1. The number of hydrogen-bond donors (Lipinski definition) is 4. The van der Waals surface area contributed by atoms with Crippen molar-refractivity contribution >= 4 is 29.5 Å². The Morgan fingerprint density at radius 2 is 1.58 bits per heavy atom. The van der Waals surface area contributed by atoms with Crippen LogP contribution in [0.2, 0.25) is 0 Å². The predicted octanol–water partition coefficient (Wildman–Crippen LogP) is 4.48. The summed E-state index contributed by atoms with van der Waals surface area (Å²) in [7, 11) is 1.49. The summed E-state index contributed by atoms with van der Waals surface area (Å²) in [5.41, 5.74) is 0. The maximum Gasteiger partial charge on any atom is 0.315 e. The van der Waals surface area contributed by atoms with Crippen molar-refractivity contribution in [1.29, 1.82) is 0 Å². The summed E-state index contributed by atoms with van der Waals surface area (Å²) in [6.07, 6.45) is 14.9. The molecule has 10 heteroatoms. The van der Waals surface area contributed by atoms with Crippen molar-refractivity contribution in [3.63, 3.8) is 0 Å². The van der Waals surface area contributed by atoms with Gasteiger partial charge < -0.3 is 26.2 Å². The molecule has 43 heavy (non-hydrogen) atoms. The molecule has 5 amide bonds. The molecule has 1 saturated carbocycles. The van der Waals surface area contributed by atoms with E-state index < -0.39 is 41.8 Å². The number of ketones is 1. The van der Waals surface area contributed by atoms with Crippen LogP contribution in [0.1, 0.15) is 112 Å². The summed E-state index contributed by atoms with van der Waals surface area (Å²) in [5.74, 6) is 0.135. The van der Waals surface area contributed by atoms with Crippen LogP contribution in [-0.4, -0.2) is 72.7 Å². The molecule has 2 fully saturated rings. The molecule has 0 spiro atoms. The standard InChI is InChI=1S/C26H39N5O5.C3H8.2C2H6/c1-4-6-8-14-19(22(32)24(34)28-16-5-2)29-23(33)20-15-11-17-31(20)25(35)21(30-26(36)27-3)18-12-9-7-10-13-18;1-3-2;2*1-2/h1,5,18-21H,2,6-17H2,3H3,(H,28,34)(H,29,33)(H2,27,30,36);3H2,1-2H3;2*1-2H3. The van der Waals surface area contributed by atoms with Crippen molar-refractivity contribution in [1.82, 2.24) is 26.2 Å². The smallest absolute Gasteiger partial charge is 0.315 e. The molecule has 0 aromatic carbocycles. The first-order valence-corrected chi connectivity index (χ1v) is 16.2. The van der Waals surface area contributed by atoms with E-state index in [1.807, 2.05) is 27.7 Å². The van der Waals surface area contributed by atoms with E-state index in [0.717, 1.165) is 32.1 Å². The van der Waals surface area contributed by atoms with Crippen LogP contribution < -0.4 is 21.3 Å². The SMILES string of the molecule is C#CCCCC(NC(=O)C1CCCN1C(=O)C(NC(=O)NC)C1CCCCC1)C(=O)C(=O)NCC=C.CC.CC.CCC. The van der Waals surface area contributed by atoms with Crippen LogP contribution in [0, 0.1) is 18.3 Å². The molecule has 4 N–H and O–H groups in total. The molecule has 2 aliphatic rings. The van der Waals surface area contributed by atoms with E-state index in [0.29, 0.717) is 32.2 Å². The van der Waals surface area contributed by atoms with Gasteiger partial charge in [0.05, 0.1) is 6.04 Å². The van der Waals surface area contributed by atoms with Crippen molar-refractivity contribution in [2.24, 2.45) is 5.92 Å². The van der Waals surface area contributed by atoms with Gasteiger partial charge in [0, 0.05) is 26.6 Å². The van der Waals surface area contributed by atoms with Gasteiger partial charge in [-0.2, -0.15) is 0 Å². The molecule has 3 atom stereocenters. The number of nitrogens with zero attached hydrogens (tertiary/aromatic N) is 1. The Hall–Kier alpha value is -3.35. The lowest BCUT2D eigenvalue weighted by atomic mass is 9.83. The summed E-state index contributed by atoms with van der Waals surface area (Å²) in [5, 5.41) is 10.4. The Labute approximate surface area is 260 Å². The number of carbonyl (C=O) groups is 5. The van der Waals surface area contributed by atoms with Crippen LogP contribution >= 0.6 is 0 Å². The van der Waals surface area contributed by atoms with Gasteiger partial charge in [-0.05, 0) is 44.4 Å². The lowest BCUT2D eigenvalue weighted by molar-refractivity contribution is -0.143. The van der Waals surface area contributed by atoms with Crippen molar-refractivity contribution in [2.45, 2.75) is 130 Å². The lowest BCUT2D eigenvalue weighted by Crippen LogP contribution is -2.58. The van der Waals surface area contributed by atoms with E-state index in [1.54, 1.807) is 0 Å². The molecule has 3 unspecified atom stereocenters. The fraction of sp³-hybridized carbons (Fsp3) is 0.727. The summed E-state index contributed by atoms with van der Waals surface area (Å²) < 4.78 is 0. The number of Topliss-reactive ketones (excluding diaryl/α,β-unsaturated/α-hetero) is 1. The number of likely N-dealkylation sites (tertiary alicyclic amines) is 1. The van der Waals surface area contributed by atoms with Crippen LogP contribution in [0.4, 0.5) is 4.79 Å². The first-order valence-electron chi connectivity index (χ1n) is 16.2. The number of rotatable bonds is 12. The third-order valence-electron chi connectivity index (χ3n) is 6.82. The van der Waals surface area contributed by atoms with Crippen LogP contribution in [0.5, 0.6) is 0 Å². The third-order valence-corrected chi connectivity index (χ3v) is 6.82. The second-order valence-corrected chi connectivity index (χ2v) is 10.0. The fourth-order valence-corrected chi connectivity index (χ4v) is 4.90. The molecule has 1 aliphatic heterocycles. The molecule has 0 aromatic rings. The van der Waals surface area contributed by atoms with E-state index in [-0.39, 0.29) is 24.8 Å². The number of amides is 5. The predicted molar refractivity (Wildman–Crippen MR) is 174 cm³/mol. The van der Waals surface area contributed by atoms with Gasteiger partial charge in [0.15, 0.2) is 0 Å². The number of terminal acetylenes is 1. The van der Waals surface area contributed by atoms with E-state index in [1.165, 1.54) is 24.4 Å². The zero-order chi connectivity index (χ0) is 33.2. The zero-order valence-electron chi connectivity index (χ0n) is 27.9. The molecular formula is C33H59N5O5. The molecule has 2 rings (SSSR count). The van der Waals surface area contributed by atoms with Crippen LogP contribution in [0.15, 0.2) is 12.7 Å². The highest BCUT2D eigenvalue weighted by Crippen LogP contribution is 2.29. The Bertz CT molecular complexity index is 879. The van der Waals surface area contributed by atoms with Gasteiger partial charge in [0.1, 0.15) is 12.1 Å². The first kappa shape index (κ1) is 41.8. The Balaban J connectivity index is 0. The maximum absolute atomic E-state index is 13.6. The number of hydrogen-bond acceptors (Lipinski definition) is 5. The Kier molecular flexibility index (Phi) is 25.5. The average Bonchev–Trinajstić information content (AvgIpc) is 3.54. The molecule has 0 aromatic heterocycles.